The molecule has 0 saturated heterocycles. The number of hydrogen-bond donors (Lipinski definition) is 0. The van der Waals surface area contributed by atoms with Crippen LogP contribution >= 0.6 is 0 Å². The summed E-state index contributed by atoms with van der Waals surface area (Å²) in [6.07, 6.45) is 15.7. The first-order valence-corrected chi connectivity index (χ1v) is 12.0. The maximum absolute atomic E-state index is 14.5. The van der Waals surface area contributed by atoms with Crippen LogP contribution in [0.3, 0.4) is 0 Å². The second-order valence-electron chi connectivity index (χ2n) is 9.86. The largest absolute Gasteiger partial charge is 0.490 e. The Hall–Kier alpha value is -1.58. The van der Waals surface area contributed by atoms with Crippen LogP contribution in [-0.2, 0) is 0 Å². The van der Waals surface area contributed by atoms with Crippen molar-refractivity contribution in [2.45, 2.75) is 77.6 Å². The van der Waals surface area contributed by atoms with E-state index in [4.69, 9.17) is 9.47 Å². The maximum atomic E-state index is 14.5. The minimum absolute atomic E-state index is 0.00623. The fourth-order valence-electron chi connectivity index (χ4n) is 5.52. The smallest absolute Gasteiger partial charge is 0.204 e. The van der Waals surface area contributed by atoms with Crippen LogP contribution in [0.5, 0.6) is 11.5 Å². The first-order chi connectivity index (χ1) is 14.6. The minimum atomic E-state index is -0.940. The lowest BCUT2D eigenvalue weighted by atomic mass is 9.72. The summed E-state index contributed by atoms with van der Waals surface area (Å²) in [5.74, 6) is 1.09. The molecule has 1 unspecified atom stereocenters. The van der Waals surface area contributed by atoms with Crippen molar-refractivity contribution in [1.29, 1.82) is 0 Å². The zero-order valence-electron chi connectivity index (χ0n) is 18.3. The monoisotopic (exact) mass is 418 g/mol. The van der Waals surface area contributed by atoms with E-state index in [9.17, 15) is 8.78 Å². The number of ether oxygens (including phenoxy) is 2. The Balaban J connectivity index is 1.27. The quantitative estimate of drug-likeness (QED) is 0.428. The molecule has 2 saturated carbocycles. The normalized spacial score (nSPS) is 27.7. The Labute approximate surface area is 180 Å². The second kappa shape index (κ2) is 10.2. The molecule has 0 amide bonds. The van der Waals surface area contributed by atoms with Crippen molar-refractivity contribution < 1.29 is 18.3 Å². The highest BCUT2D eigenvalue weighted by Gasteiger charge is 2.27. The molecule has 2 nitrogen and oxygen atoms in total. The van der Waals surface area contributed by atoms with Gasteiger partial charge >= 0.3 is 0 Å². The van der Waals surface area contributed by atoms with E-state index in [-0.39, 0.29) is 11.5 Å². The molecule has 0 radical (unpaired) electrons. The van der Waals surface area contributed by atoms with Crippen LogP contribution in [0.25, 0.3) is 0 Å². The molecule has 30 heavy (non-hydrogen) atoms. The number of hydrogen-bond acceptors (Lipinski definition) is 2. The molecule has 1 aromatic rings. The number of benzene rings is 1. The Morgan fingerprint density at radius 2 is 1.50 bits per heavy atom. The van der Waals surface area contributed by atoms with Gasteiger partial charge in [-0.1, -0.05) is 38.7 Å². The van der Waals surface area contributed by atoms with Gasteiger partial charge in [-0.3, -0.25) is 0 Å². The fourth-order valence-corrected chi connectivity index (χ4v) is 5.52. The number of allylic oxidation sites excluding steroid dienone is 1. The van der Waals surface area contributed by atoms with Crippen LogP contribution in [0.1, 0.15) is 77.6 Å². The lowest BCUT2D eigenvalue weighted by Crippen LogP contribution is -2.23. The minimum Gasteiger partial charge on any atom is -0.490 e. The third-order valence-electron chi connectivity index (χ3n) is 7.65. The van der Waals surface area contributed by atoms with Gasteiger partial charge in [0, 0.05) is 0 Å². The summed E-state index contributed by atoms with van der Waals surface area (Å²) in [7, 11) is 0. The Morgan fingerprint density at radius 3 is 2.13 bits per heavy atom. The van der Waals surface area contributed by atoms with Crippen molar-refractivity contribution in [3.63, 3.8) is 0 Å². The van der Waals surface area contributed by atoms with Crippen LogP contribution in [0, 0.1) is 35.3 Å². The fraction of sp³-hybridized carbons (Fsp3) is 0.692. The van der Waals surface area contributed by atoms with E-state index in [0.717, 1.165) is 43.4 Å². The molecule has 1 atom stereocenters. The van der Waals surface area contributed by atoms with Crippen molar-refractivity contribution >= 4 is 0 Å². The highest BCUT2D eigenvalue weighted by Crippen LogP contribution is 2.39. The summed E-state index contributed by atoms with van der Waals surface area (Å²) < 4.78 is 40.0. The first-order valence-electron chi connectivity index (χ1n) is 12.0. The highest BCUT2D eigenvalue weighted by atomic mass is 19.2. The molecule has 0 spiro atoms. The molecule has 0 bridgehead atoms. The molecule has 0 N–H and O–H groups in total. The van der Waals surface area contributed by atoms with Crippen LogP contribution in [0.4, 0.5) is 8.78 Å². The average Bonchev–Trinajstić information content (AvgIpc) is 3.29. The van der Waals surface area contributed by atoms with Gasteiger partial charge in [-0.2, -0.15) is 8.78 Å². The van der Waals surface area contributed by atoms with Gasteiger partial charge in [0.15, 0.2) is 11.5 Å². The average molecular weight is 419 g/mol. The van der Waals surface area contributed by atoms with E-state index in [1.54, 1.807) is 0 Å². The van der Waals surface area contributed by atoms with Crippen molar-refractivity contribution in [3.05, 3.63) is 35.4 Å². The van der Waals surface area contributed by atoms with Crippen molar-refractivity contribution in [2.75, 3.05) is 13.2 Å². The lowest BCUT2D eigenvalue weighted by Gasteiger charge is -2.34. The Bertz CT molecular complexity index is 731. The zero-order valence-corrected chi connectivity index (χ0v) is 18.3. The topological polar surface area (TPSA) is 18.5 Å². The van der Waals surface area contributed by atoms with Gasteiger partial charge in [-0.15, -0.1) is 0 Å². The van der Waals surface area contributed by atoms with Gasteiger partial charge in [-0.05, 0) is 86.3 Å². The molecule has 2 fully saturated rings. The molecule has 4 heteroatoms. The molecule has 0 heterocycles. The molecular weight excluding hydrogens is 382 g/mol. The standard InChI is InChI=1S/C26H36F2O2/c1-18-6-10-21(11-7-18)22-12-8-20(9-13-22)17-30-24-15-14-23(25(27)26(24)28)29-16-19-4-2-3-5-19/h8,14-15,18-19,21-22H,2-7,9-13,16-17H2,1H3. The molecule has 1 aromatic carbocycles. The lowest BCUT2D eigenvalue weighted by molar-refractivity contribution is 0.197. The third-order valence-corrected chi connectivity index (χ3v) is 7.65. The summed E-state index contributed by atoms with van der Waals surface area (Å²) in [6, 6.07) is 3.00. The molecule has 166 valence electrons. The summed E-state index contributed by atoms with van der Waals surface area (Å²) in [5.41, 5.74) is 1.21. The van der Waals surface area contributed by atoms with Gasteiger partial charge < -0.3 is 9.47 Å². The van der Waals surface area contributed by atoms with E-state index in [0.29, 0.717) is 19.1 Å². The number of halogens is 2. The Kier molecular flexibility index (Phi) is 7.32. The molecule has 4 rings (SSSR count). The second-order valence-corrected chi connectivity index (χ2v) is 9.86. The van der Waals surface area contributed by atoms with E-state index >= 15 is 0 Å². The highest BCUT2D eigenvalue weighted by molar-refractivity contribution is 5.35. The molecule has 3 aliphatic rings. The summed E-state index contributed by atoms with van der Waals surface area (Å²) in [5, 5.41) is 0. The van der Waals surface area contributed by atoms with E-state index in [1.807, 2.05) is 0 Å². The van der Waals surface area contributed by atoms with Crippen molar-refractivity contribution in [3.8, 4) is 11.5 Å². The predicted molar refractivity (Wildman–Crippen MR) is 116 cm³/mol. The summed E-state index contributed by atoms with van der Waals surface area (Å²) in [6.45, 7) is 3.17. The number of rotatable bonds is 7. The predicted octanol–water partition coefficient (Wildman–Crippen LogP) is 7.47. The summed E-state index contributed by atoms with van der Waals surface area (Å²) in [4.78, 5) is 0. The van der Waals surface area contributed by atoms with Gasteiger partial charge in [0.2, 0.25) is 11.6 Å². The third kappa shape index (κ3) is 5.36. The zero-order chi connectivity index (χ0) is 20.9. The maximum Gasteiger partial charge on any atom is 0.204 e. The van der Waals surface area contributed by atoms with Gasteiger partial charge in [0.05, 0.1) is 6.61 Å². The van der Waals surface area contributed by atoms with Crippen LogP contribution in [-0.4, -0.2) is 13.2 Å². The van der Waals surface area contributed by atoms with Gasteiger partial charge in [0.25, 0.3) is 0 Å². The summed E-state index contributed by atoms with van der Waals surface area (Å²) >= 11 is 0. The molecule has 0 aromatic heterocycles. The van der Waals surface area contributed by atoms with Crippen LogP contribution in [0.15, 0.2) is 23.8 Å². The molecular formula is C26H36F2O2. The Morgan fingerprint density at radius 1 is 0.833 bits per heavy atom. The van der Waals surface area contributed by atoms with E-state index < -0.39 is 11.6 Å². The first kappa shape index (κ1) is 21.6. The SMILES string of the molecule is CC1CCC(C2CC=C(COc3ccc(OCC4CCCC4)c(F)c3F)CC2)CC1. The van der Waals surface area contributed by atoms with Gasteiger partial charge in [0.1, 0.15) is 6.61 Å². The van der Waals surface area contributed by atoms with Crippen molar-refractivity contribution in [1.82, 2.24) is 0 Å². The molecule has 3 aliphatic carbocycles. The molecule has 0 aliphatic heterocycles. The van der Waals surface area contributed by atoms with E-state index in [2.05, 4.69) is 13.0 Å². The van der Waals surface area contributed by atoms with Crippen molar-refractivity contribution in [2.24, 2.45) is 23.7 Å². The van der Waals surface area contributed by atoms with Crippen LogP contribution in [0.2, 0.25) is 0 Å². The van der Waals surface area contributed by atoms with Gasteiger partial charge in [-0.25, -0.2) is 0 Å². The van der Waals surface area contributed by atoms with Crippen LogP contribution < -0.4 is 9.47 Å². The van der Waals surface area contributed by atoms with E-state index in [1.165, 1.54) is 62.7 Å².